The van der Waals surface area contributed by atoms with Crippen LogP contribution >= 0.6 is 0 Å². The van der Waals surface area contributed by atoms with Crippen molar-refractivity contribution in [3.05, 3.63) is 24.0 Å². The lowest BCUT2D eigenvalue weighted by molar-refractivity contribution is -0.119. The number of nitrogen functional groups attached to an aromatic ring is 1. The molecule has 0 heterocycles. The van der Waals surface area contributed by atoms with Crippen molar-refractivity contribution < 1.29 is 18.2 Å². The van der Waals surface area contributed by atoms with Crippen molar-refractivity contribution in [2.45, 2.75) is 17.1 Å². The van der Waals surface area contributed by atoms with Crippen LogP contribution in [-0.4, -0.2) is 21.4 Å². The molecule has 18 heavy (non-hydrogen) atoms. The number of benzene rings is 1. The number of halogens is 1. The van der Waals surface area contributed by atoms with Crippen LogP contribution in [0.4, 0.5) is 14.9 Å². The van der Waals surface area contributed by atoms with Gasteiger partial charge in [0, 0.05) is 0 Å². The molecule has 0 aliphatic rings. The van der Waals surface area contributed by atoms with Crippen LogP contribution in [-0.2, 0) is 15.6 Å². The molecule has 0 aromatic heterocycles. The minimum Gasteiger partial charge on any atom is -0.398 e. The van der Waals surface area contributed by atoms with Gasteiger partial charge in [-0.2, -0.15) is 0 Å². The fourth-order valence-corrected chi connectivity index (χ4v) is 2.34. The van der Waals surface area contributed by atoms with Crippen molar-refractivity contribution in [2.75, 3.05) is 5.73 Å². The second-order valence-electron chi connectivity index (χ2n) is 3.48. The number of amides is 3. The Kier molecular flexibility index (Phi) is 4.38. The molecule has 1 rings (SSSR count). The maximum Gasteiger partial charge on any atom is 0.318 e. The van der Waals surface area contributed by atoms with E-state index in [0.717, 1.165) is 12.1 Å². The average Bonchev–Trinajstić information content (AvgIpc) is 2.26. The fraction of sp³-hybridized carbons (Fsp3) is 0.200. The molecule has 0 fully saturated rings. The van der Waals surface area contributed by atoms with Crippen LogP contribution in [0.1, 0.15) is 6.92 Å². The van der Waals surface area contributed by atoms with Crippen LogP contribution in [0.15, 0.2) is 23.1 Å². The van der Waals surface area contributed by atoms with Crippen molar-refractivity contribution in [1.29, 1.82) is 0 Å². The molecular formula is C10H12FN3O3S. The van der Waals surface area contributed by atoms with E-state index in [2.05, 4.69) is 0 Å². The lowest BCUT2D eigenvalue weighted by atomic mass is 10.3. The first-order valence-electron chi connectivity index (χ1n) is 4.89. The second-order valence-corrected chi connectivity index (χ2v) is 5.22. The molecular weight excluding hydrogens is 261 g/mol. The van der Waals surface area contributed by atoms with Crippen LogP contribution in [0.5, 0.6) is 0 Å². The van der Waals surface area contributed by atoms with Gasteiger partial charge in [0.15, 0.2) is 0 Å². The number of nitrogens with one attached hydrogen (secondary N) is 1. The predicted octanol–water partition coefficient (Wildman–Crippen LogP) is 0.0989. The Morgan fingerprint density at radius 2 is 2.06 bits per heavy atom. The van der Waals surface area contributed by atoms with Gasteiger partial charge >= 0.3 is 6.03 Å². The highest BCUT2D eigenvalue weighted by Gasteiger charge is 2.24. The van der Waals surface area contributed by atoms with Crippen LogP contribution < -0.4 is 16.8 Å². The highest BCUT2D eigenvalue weighted by molar-refractivity contribution is 7.86. The van der Waals surface area contributed by atoms with Crippen molar-refractivity contribution >= 4 is 28.4 Å². The van der Waals surface area contributed by atoms with Gasteiger partial charge in [-0.3, -0.25) is 14.3 Å². The molecule has 2 atom stereocenters. The molecule has 5 N–H and O–H groups in total. The van der Waals surface area contributed by atoms with E-state index in [1.807, 2.05) is 5.32 Å². The minimum atomic E-state index is -1.81. The number of carbonyl (C=O) groups is 2. The summed E-state index contributed by atoms with van der Waals surface area (Å²) in [6, 6.07) is 2.29. The molecule has 0 saturated heterocycles. The number of imide groups is 1. The van der Waals surface area contributed by atoms with Gasteiger partial charge in [-0.15, -0.1) is 0 Å². The van der Waals surface area contributed by atoms with Gasteiger partial charge in [0.05, 0.1) is 21.4 Å². The standard InChI is InChI=1S/C10H12FN3O3S/c1-5(9(15)14-10(13)16)18(17)8-3-2-6(11)4-7(8)12/h2-5H,12H2,1H3,(H3,13,14,15,16). The van der Waals surface area contributed by atoms with Gasteiger partial charge in [0.1, 0.15) is 11.1 Å². The Morgan fingerprint density at radius 3 is 2.56 bits per heavy atom. The van der Waals surface area contributed by atoms with Crippen LogP contribution in [0.3, 0.4) is 0 Å². The SMILES string of the molecule is CC(C(=O)NC(N)=O)S(=O)c1ccc(F)cc1N. The summed E-state index contributed by atoms with van der Waals surface area (Å²) in [5.74, 6) is -1.35. The first-order valence-corrected chi connectivity index (χ1v) is 6.10. The smallest absolute Gasteiger partial charge is 0.318 e. The largest absolute Gasteiger partial charge is 0.398 e. The highest BCUT2D eigenvalue weighted by Crippen LogP contribution is 2.20. The van der Waals surface area contributed by atoms with Gasteiger partial charge in [-0.05, 0) is 25.1 Å². The number of urea groups is 1. The molecule has 0 radical (unpaired) electrons. The summed E-state index contributed by atoms with van der Waals surface area (Å²) < 4.78 is 24.8. The first-order chi connectivity index (χ1) is 8.32. The summed E-state index contributed by atoms with van der Waals surface area (Å²) in [4.78, 5) is 22.1. The van der Waals surface area contributed by atoms with Crippen molar-refractivity contribution in [3.8, 4) is 0 Å². The van der Waals surface area contributed by atoms with E-state index >= 15 is 0 Å². The molecule has 0 saturated carbocycles. The van der Waals surface area contributed by atoms with E-state index in [0.29, 0.717) is 0 Å². The second kappa shape index (κ2) is 5.58. The maximum atomic E-state index is 12.8. The van der Waals surface area contributed by atoms with Gasteiger partial charge in [0.25, 0.3) is 0 Å². The van der Waals surface area contributed by atoms with Crippen LogP contribution in [0, 0.1) is 5.82 Å². The molecule has 3 amide bonds. The monoisotopic (exact) mass is 273 g/mol. The summed E-state index contributed by atoms with van der Waals surface area (Å²) in [5.41, 5.74) is 10.3. The number of hydrogen-bond acceptors (Lipinski definition) is 4. The van der Waals surface area contributed by atoms with E-state index in [9.17, 15) is 18.2 Å². The third-order valence-electron chi connectivity index (χ3n) is 2.13. The number of nitrogens with two attached hydrogens (primary N) is 2. The Bertz CT molecular complexity index is 521. The zero-order chi connectivity index (χ0) is 13.9. The average molecular weight is 273 g/mol. The van der Waals surface area contributed by atoms with Crippen LogP contribution in [0.25, 0.3) is 0 Å². The number of anilines is 1. The Labute approximate surface area is 105 Å². The zero-order valence-electron chi connectivity index (χ0n) is 9.48. The van der Waals surface area contributed by atoms with E-state index in [4.69, 9.17) is 11.5 Å². The molecule has 0 aliphatic carbocycles. The van der Waals surface area contributed by atoms with E-state index in [-0.39, 0.29) is 10.6 Å². The summed E-state index contributed by atoms with van der Waals surface area (Å²) in [5, 5.41) is 0.779. The third-order valence-corrected chi connectivity index (χ3v) is 3.79. The summed E-state index contributed by atoms with van der Waals surface area (Å²) >= 11 is 0. The number of carbonyl (C=O) groups excluding carboxylic acids is 2. The van der Waals surface area contributed by atoms with Crippen molar-refractivity contribution in [1.82, 2.24) is 5.32 Å². The van der Waals surface area contributed by atoms with Crippen molar-refractivity contribution in [2.24, 2.45) is 5.73 Å². The van der Waals surface area contributed by atoms with Crippen molar-refractivity contribution in [3.63, 3.8) is 0 Å². The topological polar surface area (TPSA) is 115 Å². The fourth-order valence-electron chi connectivity index (χ4n) is 1.21. The van der Waals surface area contributed by atoms with Gasteiger partial charge in [-0.1, -0.05) is 0 Å². The molecule has 2 unspecified atom stereocenters. The first kappa shape index (κ1) is 14.1. The number of hydrogen-bond donors (Lipinski definition) is 3. The minimum absolute atomic E-state index is 0.0212. The molecule has 1 aromatic carbocycles. The lowest BCUT2D eigenvalue weighted by Gasteiger charge is -2.12. The Morgan fingerprint density at radius 1 is 1.44 bits per heavy atom. The van der Waals surface area contributed by atoms with E-state index < -0.39 is 33.8 Å². The number of rotatable bonds is 3. The van der Waals surface area contributed by atoms with Gasteiger partial charge < -0.3 is 11.5 Å². The quantitative estimate of drug-likeness (QED) is 0.677. The van der Waals surface area contributed by atoms with Crippen LogP contribution in [0.2, 0.25) is 0 Å². The molecule has 98 valence electrons. The summed E-state index contributed by atoms with van der Waals surface area (Å²) in [6.07, 6.45) is 0. The summed E-state index contributed by atoms with van der Waals surface area (Å²) in [6.45, 7) is 1.34. The predicted molar refractivity (Wildman–Crippen MR) is 64.4 cm³/mol. The summed E-state index contributed by atoms with van der Waals surface area (Å²) in [7, 11) is -1.81. The third kappa shape index (κ3) is 3.27. The van der Waals surface area contributed by atoms with Gasteiger partial charge in [-0.25, -0.2) is 9.18 Å². The van der Waals surface area contributed by atoms with E-state index in [1.54, 1.807) is 0 Å². The normalized spacial score (nSPS) is 13.7. The highest BCUT2D eigenvalue weighted by atomic mass is 32.2. The molecule has 0 spiro atoms. The zero-order valence-corrected chi connectivity index (χ0v) is 10.3. The molecule has 1 aromatic rings. The maximum absolute atomic E-state index is 12.8. The number of primary amides is 1. The lowest BCUT2D eigenvalue weighted by Crippen LogP contribution is -2.42. The van der Waals surface area contributed by atoms with Gasteiger partial charge in [0.2, 0.25) is 5.91 Å². The molecule has 0 bridgehead atoms. The molecule has 0 aliphatic heterocycles. The molecule has 8 heteroatoms. The Hall–Kier alpha value is -1.96. The van der Waals surface area contributed by atoms with E-state index in [1.165, 1.54) is 13.0 Å². The Balaban J connectivity index is 2.93. The molecule has 6 nitrogen and oxygen atoms in total.